The largest absolute Gasteiger partial charge is 0.296 e. The number of anilines is 1. The summed E-state index contributed by atoms with van der Waals surface area (Å²) < 4.78 is 28.8. The summed E-state index contributed by atoms with van der Waals surface area (Å²) in [5.41, 5.74) is 4.06. The minimum atomic E-state index is -4.01. The SMILES string of the molecule is Cc1ccc([C@H](NS(=O)(=O)c2nnc(NC(=O)c3cccc(C)c3)s2)c2ccccc2)cc1. The molecular weight excluding hydrogens is 456 g/mol. The molecule has 1 amide bonds. The van der Waals surface area contributed by atoms with Crippen LogP contribution in [0.4, 0.5) is 5.13 Å². The van der Waals surface area contributed by atoms with Crippen LogP contribution in [0.2, 0.25) is 0 Å². The fourth-order valence-corrected chi connectivity index (χ4v) is 5.39. The minimum Gasteiger partial charge on any atom is -0.296 e. The van der Waals surface area contributed by atoms with Gasteiger partial charge in [-0.15, -0.1) is 10.2 Å². The van der Waals surface area contributed by atoms with Crippen molar-refractivity contribution in [3.8, 4) is 0 Å². The number of sulfonamides is 1. The lowest BCUT2D eigenvalue weighted by molar-refractivity contribution is 0.102. The number of carbonyl (C=O) groups is 1. The van der Waals surface area contributed by atoms with Crippen molar-refractivity contribution in [3.05, 3.63) is 107 Å². The third-order valence-corrected chi connectivity index (χ3v) is 7.58. The summed E-state index contributed by atoms with van der Waals surface area (Å²) >= 11 is 0.797. The van der Waals surface area contributed by atoms with Crippen molar-refractivity contribution < 1.29 is 13.2 Å². The van der Waals surface area contributed by atoms with Gasteiger partial charge < -0.3 is 0 Å². The highest BCUT2D eigenvalue weighted by atomic mass is 32.2. The second-order valence-corrected chi connectivity index (χ2v) is 10.4. The molecule has 0 saturated heterocycles. The third-order valence-electron chi connectivity index (χ3n) is 4.95. The number of nitrogens with one attached hydrogen (secondary N) is 2. The van der Waals surface area contributed by atoms with Crippen molar-refractivity contribution >= 4 is 32.4 Å². The Hall–Kier alpha value is -3.40. The Bertz CT molecular complexity index is 1370. The summed E-state index contributed by atoms with van der Waals surface area (Å²) in [5, 5.41) is 10.4. The Morgan fingerprint density at radius 2 is 1.55 bits per heavy atom. The highest BCUT2D eigenvalue weighted by Crippen LogP contribution is 2.27. The first kappa shape index (κ1) is 22.8. The molecule has 3 aromatic carbocycles. The molecule has 0 bridgehead atoms. The number of carbonyl (C=O) groups excluding carboxylic acids is 1. The van der Waals surface area contributed by atoms with E-state index >= 15 is 0 Å². The lowest BCUT2D eigenvalue weighted by Crippen LogP contribution is -2.29. The summed E-state index contributed by atoms with van der Waals surface area (Å²) in [6, 6.07) is 23.4. The molecule has 0 unspecified atom stereocenters. The Kier molecular flexibility index (Phi) is 6.64. The predicted octanol–water partition coefficient (Wildman–Crippen LogP) is 4.48. The number of aromatic nitrogens is 2. The van der Waals surface area contributed by atoms with Crippen LogP contribution >= 0.6 is 11.3 Å². The molecule has 0 radical (unpaired) electrons. The van der Waals surface area contributed by atoms with Gasteiger partial charge in [0.2, 0.25) is 9.47 Å². The van der Waals surface area contributed by atoms with Gasteiger partial charge in [0.1, 0.15) is 0 Å². The van der Waals surface area contributed by atoms with E-state index in [4.69, 9.17) is 0 Å². The second-order valence-electron chi connectivity index (χ2n) is 7.57. The fraction of sp³-hybridized carbons (Fsp3) is 0.125. The van der Waals surface area contributed by atoms with Crippen molar-refractivity contribution in [2.24, 2.45) is 0 Å². The summed E-state index contributed by atoms with van der Waals surface area (Å²) in [5.74, 6) is -0.381. The van der Waals surface area contributed by atoms with Crippen LogP contribution in [0.5, 0.6) is 0 Å². The highest BCUT2D eigenvalue weighted by Gasteiger charge is 2.27. The van der Waals surface area contributed by atoms with Crippen LogP contribution in [0.1, 0.15) is 38.7 Å². The van der Waals surface area contributed by atoms with Crippen LogP contribution in [0.3, 0.4) is 0 Å². The number of rotatable bonds is 7. The summed E-state index contributed by atoms with van der Waals surface area (Å²) in [6.07, 6.45) is 0. The van der Waals surface area contributed by atoms with Crippen LogP contribution < -0.4 is 10.0 Å². The van der Waals surface area contributed by atoms with E-state index in [9.17, 15) is 13.2 Å². The van der Waals surface area contributed by atoms with Crippen molar-refractivity contribution in [1.82, 2.24) is 14.9 Å². The Morgan fingerprint density at radius 3 is 2.24 bits per heavy atom. The maximum absolute atomic E-state index is 13.2. The molecule has 0 aliphatic rings. The van der Waals surface area contributed by atoms with Gasteiger partial charge in [0, 0.05) is 5.56 Å². The topological polar surface area (TPSA) is 101 Å². The van der Waals surface area contributed by atoms with E-state index in [1.54, 1.807) is 18.2 Å². The van der Waals surface area contributed by atoms with Gasteiger partial charge in [0.05, 0.1) is 6.04 Å². The zero-order chi connectivity index (χ0) is 23.4. The third kappa shape index (κ3) is 5.51. The quantitative estimate of drug-likeness (QED) is 0.382. The normalized spacial score (nSPS) is 12.3. The van der Waals surface area contributed by atoms with Crippen LogP contribution in [-0.2, 0) is 10.0 Å². The number of hydrogen-bond acceptors (Lipinski definition) is 6. The number of benzene rings is 3. The first-order valence-electron chi connectivity index (χ1n) is 10.2. The summed E-state index contributed by atoms with van der Waals surface area (Å²) in [4.78, 5) is 12.5. The molecule has 0 fully saturated rings. The zero-order valence-electron chi connectivity index (χ0n) is 18.0. The number of amides is 1. The van der Waals surface area contributed by atoms with Gasteiger partial charge in [0.15, 0.2) is 0 Å². The Balaban J connectivity index is 1.57. The molecular formula is C24H22N4O3S2. The van der Waals surface area contributed by atoms with Gasteiger partial charge >= 0.3 is 0 Å². The monoisotopic (exact) mass is 478 g/mol. The van der Waals surface area contributed by atoms with Crippen LogP contribution in [0.15, 0.2) is 83.2 Å². The zero-order valence-corrected chi connectivity index (χ0v) is 19.7. The fourth-order valence-electron chi connectivity index (χ4n) is 3.26. The Morgan fingerprint density at radius 1 is 0.848 bits per heavy atom. The summed E-state index contributed by atoms with van der Waals surface area (Å²) in [7, 11) is -4.01. The average molecular weight is 479 g/mol. The molecule has 2 N–H and O–H groups in total. The maximum atomic E-state index is 13.2. The number of hydrogen-bond donors (Lipinski definition) is 2. The van der Waals surface area contributed by atoms with Crippen LogP contribution in [-0.4, -0.2) is 24.5 Å². The Labute approximate surface area is 196 Å². The van der Waals surface area contributed by atoms with E-state index in [-0.39, 0.29) is 15.4 Å². The molecule has 7 nitrogen and oxygen atoms in total. The number of nitrogens with zero attached hydrogens (tertiary/aromatic N) is 2. The first-order chi connectivity index (χ1) is 15.8. The molecule has 33 heavy (non-hydrogen) atoms. The van der Waals surface area contributed by atoms with Gasteiger partial charge in [-0.1, -0.05) is 89.2 Å². The molecule has 9 heteroatoms. The maximum Gasteiger partial charge on any atom is 0.270 e. The van der Waals surface area contributed by atoms with Crippen molar-refractivity contribution in [2.75, 3.05) is 5.32 Å². The standard InChI is InChI=1S/C24H22N4O3S2/c1-16-11-13-19(14-12-16)21(18-8-4-3-5-9-18)28-33(30,31)24-27-26-23(32-24)25-22(29)20-10-6-7-17(2)15-20/h3-15,21,28H,1-2H3,(H,25,26,29)/t21-/m1/s1. The van der Waals surface area contributed by atoms with E-state index in [0.717, 1.165) is 33.6 Å². The molecule has 1 aromatic heterocycles. The second kappa shape index (κ2) is 9.62. The first-order valence-corrected chi connectivity index (χ1v) is 12.5. The molecule has 0 saturated carbocycles. The molecule has 4 rings (SSSR count). The summed E-state index contributed by atoms with van der Waals surface area (Å²) in [6.45, 7) is 3.86. The molecule has 0 aliphatic heterocycles. The van der Waals surface area contributed by atoms with E-state index in [1.807, 2.05) is 74.5 Å². The van der Waals surface area contributed by atoms with E-state index in [1.165, 1.54) is 0 Å². The molecule has 0 spiro atoms. The number of aryl methyl sites for hydroxylation is 2. The lowest BCUT2D eigenvalue weighted by Gasteiger charge is -2.19. The van der Waals surface area contributed by atoms with Gasteiger partial charge in [-0.2, -0.15) is 4.72 Å². The molecule has 4 aromatic rings. The average Bonchev–Trinajstić information content (AvgIpc) is 3.28. The molecule has 1 heterocycles. The lowest BCUT2D eigenvalue weighted by atomic mass is 9.99. The van der Waals surface area contributed by atoms with Crippen molar-refractivity contribution in [2.45, 2.75) is 24.2 Å². The van der Waals surface area contributed by atoms with E-state index in [0.29, 0.717) is 5.56 Å². The van der Waals surface area contributed by atoms with Gasteiger partial charge in [-0.05, 0) is 37.1 Å². The van der Waals surface area contributed by atoms with Crippen molar-refractivity contribution in [1.29, 1.82) is 0 Å². The van der Waals surface area contributed by atoms with E-state index < -0.39 is 16.1 Å². The molecule has 1 atom stereocenters. The smallest absolute Gasteiger partial charge is 0.270 e. The van der Waals surface area contributed by atoms with E-state index in [2.05, 4.69) is 20.2 Å². The van der Waals surface area contributed by atoms with Crippen molar-refractivity contribution in [3.63, 3.8) is 0 Å². The van der Waals surface area contributed by atoms with Gasteiger partial charge in [0.25, 0.3) is 15.9 Å². The van der Waals surface area contributed by atoms with Crippen LogP contribution in [0.25, 0.3) is 0 Å². The van der Waals surface area contributed by atoms with Gasteiger partial charge in [-0.25, -0.2) is 8.42 Å². The molecule has 168 valence electrons. The highest BCUT2D eigenvalue weighted by molar-refractivity contribution is 7.91. The minimum absolute atomic E-state index is 0.105. The van der Waals surface area contributed by atoms with Gasteiger partial charge in [-0.3, -0.25) is 10.1 Å². The predicted molar refractivity (Wildman–Crippen MR) is 129 cm³/mol. The molecule has 0 aliphatic carbocycles. The van der Waals surface area contributed by atoms with Crippen LogP contribution in [0, 0.1) is 13.8 Å².